The summed E-state index contributed by atoms with van der Waals surface area (Å²) in [5.41, 5.74) is 1.85. The van der Waals surface area contributed by atoms with Crippen molar-refractivity contribution in [3.8, 4) is 0 Å². The predicted molar refractivity (Wildman–Crippen MR) is 85.7 cm³/mol. The lowest BCUT2D eigenvalue weighted by atomic mass is 10.3. The molecule has 0 aliphatic rings. The van der Waals surface area contributed by atoms with Crippen LogP contribution in [-0.2, 0) is 15.8 Å². The van der Waals surface area contributed by atoms with E-state index in [-0.39, 0.29) is 4.90 Å². The van der Waals surface area contributed by atoms with Crippen LogP contribution >= 0.6 is 11.8 Å². The van der Waals surface area contributed by atoms with Gasteiger partial charge in [-0.25, -0.2) is 17.7 Å². The molecule has 0 aliphatic heterocycles. The minimum atomic E-state index is -3.49. The first kappa shape index (κ1) is 16.0. The van der Waals surface area contributed by atoms with Gasteiger partial charge in [-0.05, 0) is 25.1 Å². The Morgan fingerprint density at radius 2 is 2.04 bits per heavy atom. The van der Waals surface area contributed by atoms with Gasteiger partial charge in [0, 0.05) is 25.9 Å². The fourth-order valence-electron chi connectivity index (χ4n) is 1.94. The Morgan fingerprint density at radius 3 is 2.70 bits per heavy atom. The highest BCUT2D eigenvalue weighted by molar-refractivity contribution is 7.98. The number of hydrogen-bond donors (Lipinski definition) is 0. The summed E-state index contributed by atoms with van der Waals surface area (Å²) in [5, 5.41) is 4.36. The van der Waals surface area contributed by atoms with E-state index >= 15 is 0 Å². The standard InChI is InChI=1S/C14H15N3O4S2/c1-9-6-10(16-21-9)8-22-14-15-12-7-11(4-5-13(12)20-14)23(18,19)17(2)3/h4-7H,8H2,1-3H3. The normalized spacial score (nSPS) is 12.3. The highest BCUT2D eigenvalue weighted by Crippen LogP contribution is 2.28. The van der Waals surface area contributed by atoms with Gasteiger partial charge in [-0.2, -0.15) is 0 Å². The van der Waals surface area contributed by atoms with E-state index in [1.807, 2.05) is 13.0 Å². The van der Waals surface area contributed by atoms with Gasteiger partial charge < -0.3 is 8.94 Å². The summed E-state index contributed by atoms with van der Waals surface area (Å²) >= 11 is 1.37. The fourth-order valence-corrected chi connectivity index (χ4v) is 3.58. The van der Waals surface area contributed by atoms with Gasteiger partial charge in [-0.3, -0.25) is 0 Å². The molecule has 0 bridgehead atoms. The molecule has 3 aromatic rings. The Balaban J connectivity index is 1.84. The van der Waals surface area contributed by atoms with Gasteiger partial charge in [0.25, 0.3) is 5.22 Å². The summed E-state index contributed by atoms with van der Waals surface area (Å²) in [5.74, 6) is 1.31. The Morgan fingerprint density at radius 1 is 1.26 bits per heavy atom. The van der Waals surface area contributed by atoms with Crippen LogP contribution in [0.25, 0.3) is 11.1 Å². The summed E-state index contributed by atoms with van der Waals surface area (Å²) < 4.78 is 36.1. The maximum Gasteiger partial charge on any atom is 0.257 e. The van der Waals surface area contributed by atoms with Crippen molar-refractivity contribution in [2.45, 2.75) is 22.8 Å². The number of benzene rings is 1. The van der Waals surface area contributed by atoms with E-state index < -0.39 is 10.0 Å². The molecule has 0 unspecified atom stereocenters. The Hall–Kier alpha value is -1.84. The van der Waals surface area contributed by atoms with Crippen molar-refractivity contribution >= 4 is 32.9 Å². The van der Waals surface area contributed by atoms with E-state index in [1.54, 1.807) is 6.07 Å². The molecule has 0 saturated heterocycles. The molecular formula is C14H15N3O4S2. The minimum Gasteiger partial charge on any atom is -0.431 e. The molecule has 3 rings (SSSR count). The van der Waals surface area contributed by atoms with E-state index in [1.165, 1.54) is 38.0 Å². The molecule has 2 aromatic heterocycles. The summed E-state index contributed by atoms with van der Waals surface area (Å²) in [7, 11) is -0.510. The predicted octanol–water partition coefficient (Wildman–Crippen LogP) is 2.67. The molecule has 122 valence electrons. The molecule has 0 amide bonds. The topological polar surface area (TPSA) is 89.4 Å². The van der Waals surface area contributed by atoms with Gasteiger partial charge in [-0.1, -0.05) is 16.9 Å². The SMILES string of the molecule is Cc1cc(CSc2nc3cc(S(=O)(=O)N(C)C)ccc3o2)no1. The summed E-state index contributed by atoms with van der Waals surface area (Å²) in [6.45, 7) is 1.83. The molecule has 0 atom stereocenters. The minimum absolute atomic E-state index is 0.187. The number of hydrogen-bond acceptors (Lipinski definition) is 7. The highest BCUT2D eigenvalue weighted by atomic mass is 32.2. The van der Waals surface area contributed by atoms with Crippen molar-refractivity contribution < 1.29 is 17.4 Å². The molecule has 0 spiro atoms. The third-order valence-electron chi connectivity index (χ3n) is 3.14. The van der Waals surface area contributed by atoms with Crippen LogP contribution < -0.4 is 0 Å². The Labute approximate surface area is 137 Å². The second kappa shape index (κ2) is 5.99. The number of rotatable bonds is 5. The Bertz CT molecular complexity index is 944. The van der Waals surface area contributed by atoms with Gasteiger partial charge in [0.05, 0.1) is 10.6 Å². The molecule has 1 aromatic carbocycles. The zero-order valence-corrected chi connectivity index (χ0v) is 14.4. The number of fused-ring (bicyclic) bond motifs is 1. The van der Waals surface area contributed by atoms with Crippen LogP contribution in [0.15, 0.2) is 43.3 Å². The molecule has 9 heteroatoms. The number of nitrogens with zero attached hydrogens (tertiary/aromatic N) is 3. The lowest BCUT2D eigenvalue weighted by Crippen LogP contribution is -2.22. The second-order valence-corrected chi connectivity index (χ2v) is 8.19. The number of oxazole rings is 1. The van der Waals surface area contributed by atoms with Crippen molar-refractivity contribution in [2.24, 2.45) is 0 Å². The van der Waals surface area contributed by atoms with Gasteiger partial charge in [-0.15, -0.1) is 0 Å². The largest absolute Gasteiger partial charge is 0.431 e. The van der Waals surface area contributed by atoms with Crippen molar-refractivity contribution in [1.29, 1.82) is 0 Å². The van der Waals surface area contributed by atoms with Crippen molar-refractivity contribution in [3.05, 3.63) is 35.7 Å². The van der Waals surface area contributed by atoms with E-state index in [0.29, 0.717) is 22.1 Å². The van der Waals surface area contributed by atoms with Crippen molar-refractivity contribution in [2.75, 3.05) is 14.1 Å². The molecule has 2 heterocycles. The van der Waals surface area contributed by atoms with E-state index in [4.69, 9.17) is 8.94 Å². The molecule has 0 saturated carbocycles. The third-order valence-corrected chi connectivity index (χ3v) is 5.81. The summed E-state index contributed by atoms with van der Waals surface area (Å²) in [4.78, 5) is 4.51. The maximum absolute atomic E-state index is 12.1. The van der Waals surface area contributed by atoms with Crippen LogP contribution in [0.3, 0.4) is 0 Å². The first-order valence-electron chi connectivity index (χ1n) is 6.74. The summed E-state index contributed by atoms with van der Waals surface area (Å²) in [6.07, 6.45) is 0. The summed E-state index contributed by atoms with van der Waals surface area (Å²) in [6, 6.07) is 6.48. The number of thioether (sulfide) groups is 1. The average molecular weight is 353 g/mol. The molecule has 7 nitrogen and oxygen atoms in total. The van der Waals surface area contributed by atoms with Crippen LogP contribution in [0, 0.1) is 6.92 Å². The van der Waals surface area contributed by atoms with Crippen LogP contribution in [0.2, 0.25) is 0 Å². The van der Waals surface area contributed by atoms with Gasteiger partial charge in [0.15, 0.2) is 5.58 Å². The zero-order chi connectivity index (χ0) is 16.6. The van der Waals surface area contributed by atoms with Crippen LogP contribution in [-0.4, -0.2) is 37.0 Å². The van der Waals surface area contributed by atoms with Crippen molar-refractivity contribution in [1.82, 2.24) is 14.4 Å². The lowest BCUT2D eigenvalue weighted by Gasteiger charge is -2.10. The Kier molecular flexibility index (Phi) is 4.17. The quantitative estimate of drug-likeness (QED) is 0.651. The first-order chi connectivity index (χ1) is 10.9. The van der Waals surface area contributed by atoms with E-state index in [9.17, 15) is 8.42 Å². The smallest absolute Gasteiger partial charge is 0.257 e. The van der Waals surface area contributed by atoms with Gasteiger partial charge in [0.1, 0.15) is 11.3 Å². The molecule has 0 aliphatic carbocycles. The van der Waals surface area contributed by atoms with Crippen LogP contribution in [0.4, 0.5) is 0 Å². The third kappa shape index (κ3) is 3.26. The molecule has 0 fully saturated rings. The van der Waals surface area contributed by atoms with Gasteiger partial charge >= 0.3 is 0 Å². The number of aromatic nitrogens is 2. The average Bonchev–Trinajstić information content (AvgIpc) is 3.09. The molecule has 23 heavy (non-hydrogen) atoms. The van der Waals surface area contributed by atoms with Crippen LogP contribution in [0.1, 0.15) is 11.5 Å². The maximum atomic E-state index is 12.1. The molecule has 0 N–H and O–H groups in total. The van der Waals surface area contributed by atoms with Crippen LogP contribution in [0.5, 0.6) is 0 Å². The van der Waals surface area contributed by atoms with E-state index in [0.717, 1.165) is 15.8 Å². The van der Waals surface area contributed by atoms with Crippen molar-refractivity contribution in [3.63, 3.8) is 0 Å². The molecular weight excluding hydrogens is 338 g/mol. The number of aryl methyl sites for hydroxylation is 1. The highest BCUT2D eigenvalue weighted by Gasteiger charge is 2.19. The monoisotopic (exact) mass is 353 g/mol. The van der Waals surface area contributed by atoms with Gasteiger partial charge in [0.2, 0.25) is 10.0 Å². The second-order valence-electron chi connectivity index (χ2n) is 5.11. The fraction of sp³-hybridized carbons (Fsp3) is 0.286. The number of sulfonamides is 1. The molecule has 0 radical (unpaired) electrons. The van der Waals surface area contributed by atoms with E-state index in [2.05, 4.69) is 10.1 Å². The zero-order valence-electron chi connectivity index (χ0n) is 12.8. The first-order valence-corrected chi connectivity index (χ1v) is 9.17. The lowest BCUT2D eigenvalue weighted by molar-refractivity contribution is 0.392.